The number of aromatic nitrogens is 2. The lowest BCUT2D eigenvalue weighted by Crippen LogP contribution is -2.32. The predicted molar refractivity (Wildman–Crippen MR) is 142 cm³/mol. The molecule has 34 heavy (non-hydrogen) atoms. The molecular formula is C28H38N6. The zero-order valence-corrected chi connectivity index (χ0v) is 20.6. The number of aliphatic imine (C=N–C) groups is 1. The topological polar surface area (TPSA) is 77.1 Å². The van der Waals surface area contributed by atoms with Crippen LogP contribution in [0.15, 0.2) is 58.1 Å². The summed E-state index contributed by atoms with van der Waals surface area (Å²) < 4.78 is 0. The highest BCUT2D eigenvalue weighted by Gasteiger charge is 2.24. The monoisotopic (exact) mass is 458 g/mol. The van der Waals surface area contributed by atoms with Crippen LogP contribution in [0.2, 0.25) is 0 Å². The van der Waals surface area contributed by atoms with Crippen molar-refractivity contribution in [3.8, 4) is 0 Å². The maximum absolute atomic E-state index is 4.95. The number of amidine groups is 1. The number of pyridine rings is 1. The van der Waals surface area contributed by atoms with E-state index in [1.165, 1.54) is 60.7 Å². The molecule has 0 aromatic carbocycles. The van der Waals surface area contributed by atoms with Gasteiger partial charge in [0.1, 0.15) is 23.1 Å². The minimum atomic E-state index is 0.509. The van der Waals surface area contributed by atoms with Crippen LogP contribution < -0.4 is 16.0 Å². The molecule has 0 spiro atoms. The fourth-order valence-electron chi connectivity index (χ4n) is 5.30. The number of aromatic amines is 1. The minimum absolute atomic E-state index is 0.509. The van der Waals surface area contributed by atoms with E-state index in [1.54, 1.807) is 5.57 Å². The Hall–Kier alpha value is -2.86. The highest BCUT2D eigenvalue weighted by atomic mass is 15.1. The summed E-state index contributed by atoms with van der Waals surface area (Å²) in [6.45, 7) is 6.72. The van der Waals surface area contributed by atoms with E-state index in [0.717, 1.165) is 55.5 Å². The van der Waals surface area contributed by atoms with Gasteiger partial charge in [-0.1, -0.05) is 19.9 Å². The van der Waals surface area contributed by atoms with Gasteiger partial charge >= 0.3 is 0 Å². The number of hydrogen-bond donors (Lipinski definition) is 4. The van der Waals surface area contributed by atoms with E-state index in [9.17, 15) is 0 Å². The minimum Gasteiger partial charge on any atom is -0.346 e. The molecule has 0 amide bonds. The van der Waals surface area contributed by atoms with Crippen molar-refractivity contribution in [1.29, 1.82) is 0 Å². The van der Waals surface area contributed by atoms with E-state index < -0.39 is 0 Å². The summed E-state index contributed by atoms with van der Waals surface area (Å²) in [5.74, 6) is 3.20. The van der Waals surface area contributed by atoms with Gasteiger partial charge in [-0.15, -0.1) is 0 Å². The van der Waals surface area contributed by atoms with Gasteiger partial charge in [0.05, 0.1) is 0 Å². The first-order valence-electron chi connectivity index (χ1n) is 13.1. The molecule has 4 N–H and O–H groups in total. The van der Waals surface area contributed by atoms with Gasteiger partial charge in [0, 0.05) is 17.3 Å². The largest absolute Gasteiger partial charge is 0.346 e. The molecule has 0 saturated heterocycles. The molecule has 0 fully saturated rings. The Bertz CT molecular complexity index is 1150. The van der Waals surface area contributed by atoms with Crippen molar-refractivity contribution in [2.24, 2.45) is 4.99 Å². The maximum Gasteiger partial charge on any atom is 0.140 e. The molecular weight excluding hydrogens is 420 g/mol. The third kappa shape index (κ3) is 5.12. The molecule has 5 rings (SSSR count). The first-order chi connectivity index (χ1) is 16.7. The SMILES string of the molecule is CCCNCCCC(C)c1c[nH]c2nc(NC3=CCC=C4CC5=C(CCCC5)NC4=N3)ccc12. The van der Waals surface area contributed by atoms with Crippen LogP contribution in [0.3, 0.4) is 0 Å². The lowest BCUT2D eigenvalue weighted by atomic mass is 9.88. The van der Waals surface area contributed by atoms with Gasteiger partial charge < -0.3 is 20.9 Å². The van der Waals surface area contributed by atoms with E-state index in [0.29, 0.717) is 5.92 Å². The standard InChI is InChI=1S/C28H38N6/c1-3-15-29-16-7-8-19(2)23-18-30-28-22(23)13-14-26(34-28)32-25-12-6-10-21-17-20-9-4-5-11-24(20)31-27(21)33-25/h10,12-14,18-19,29H,3-9,11,15-17H2,1-2H3,(H,31,33)(H2,30,32,34). The quantitative estimate of drug-likeness (QED) is 0.335. The van der Waals surface area contributed by atoms with Gasteiger partial charge in [-0.25, -0.2) is 9.98 Å². The third-order valence-corrected chi connectivity index (χ3v) is 7.24. The van der Waals surface area contributed by atoms with Gasteiger partial charge in [0.15, 0.2) is 0 Å². The summed E-state index contributed by atoms with van der Waals surface area (Å²) in [4.78, 5) is 13.2. The van der Waals surface area contributed by atoms with Gasteiger partial charge in [-0.2, -0.15) is 0 Å². The zero-order chi connectivity index (χ0) is 23.3. The molecule has 4 heterocycles. The van der Waals surface area contributed by atoms with Crippen LogP contribution in [-0.2, 0) is 0 Å². The molecule has 2 aromatic heterocycles. The summed E-state index contributed by atoms with van der Waals surface area (Å²) in [6, 6.07) is 4.26. The summed E-state index contributed by atoms with van der Waals surface area (Å²) in [6.07, 6.45) is 17.0. The highest BCUT2D eigenvalue weighted by Crippen LogP contribution is 2.33. The maximum atomic E-state index is 4.95. The molecule has 0 bridgehead atoms. The van der Waals surface area contributed by atoms with Crippen molar-refractivity contribution in [3.05, 3.63) is 58.7 Å². The summed E-state index contributed by atoms with van der Waals surface area (Å²) in [5.41, 5.74) is 6.59. The van der Waals surface area contributed by atoms with Gasteiger partial charge in [-0.3, -0.25) is 0 Å². The Kier molecular flexibility index (Phi) is 7.14. The van der Waals surface area contributed by atoms with Crippen LogP contribution in [0.4, 0.5) is 5.82 Å². The number of hydrogen-bond acceptors (Lipinski definition) is 5. The van der Waals surface area contributed by atoms with E-state index in [1.807, 2.05) is 0 Å². The summed E-state index contributed by atoms with van der Waals surface area (Å²) in [7, 11) is 0. The molecule has 1 aliphatic carbocycles. The van der Waals surface area contributed by atoms with E-state index >= 15 is 0 Å². The van der Waals surface area contributed by atoms with Crippen molar-refractivity contribution in [1.82, 2.24) is 20.6 Å². The Labute approximate surface area is 203 Å². The summed E-state index contributed by atoms with van der Waals surface area (Å²) >= 11 is 0. The average molecular weight is 459 g/mol. The van der Waals surface area contributed by atoms with Gasteiger partial charge in [0.2, 0.25) is 0 Å². The number of H-pyrrole nitrogens is 1. The van der Waals surface area contributed by atoms with Gasteiger partial charge in [0.25, 0.3) is 0 Å². The van der Waals surface area contributed by atoms with Crippen molar-refractivity contribution >= 4 is 22.7 Å². The number of fused-ring (bicyclic) bond motifs is 2. The van der Waals surface area contributed by atoms with Crippen molar-refractivity contribution in [2.75, 3.05) is 18.4 Å². The Morgan fingerprint density at radius 3 is 2.94 bits per heavy atom. The second-order valence-electron chi connectivity index (χ2n) is 9.86. The number of rotatable bonds is 9. The van der Waals surface area contributed by atoms with Crippen LogP contribution in [0, 0.1) is 0 Å². The molecule has 6 nitrogen and oxygen atoms in total. The molecule has 1 atom stereocenters. The number of nitrogens with zero attached hydrogens (tertiary/aromatic N) is 2. The average Bonchev–Trinajstić information content (AvgIpc) is 3.17. The van der Waals surface area contributed by atoms with Crippen molar-refractivity contribution < 1.29 is 0 Å². The zero-order valence-electron chi connectivity index (χ0n) is 20.6. The number of nitrogens with one attached hydrogen (secondary N) is 4. The molecule has 1 unspecified atom stereocenters. The molecule has 180 valence electrons. The molecule has 0 saturated carbocycles. The Balaban J connectivity index is 1.26. The van der Waals surface area contributed by atoms with Crippen LogP contribution in [-0.4, -0.2) is 28.9 Å². The summed E-state index contributed by atoms with van der Waals surface area (Å²) in [5, 5.41) is 11.8. The van der Waals surface area contributed by atoms with Crippen LogP contribution in [0.5, 0.6) is 0 Å². The smallest absolute Gasteiger partial charge is 0.140 e. The number of anilines is 1. The van der Waals surface area contributed by atoms with Crippen LogP contribution in [0.25, 0.3) is 11.0 Å². The molecule has 6 heteroatoms. The number of allylic oxidation sites excluding steroid dienone is 4. The first-order valence-corrected chi connectivity index (χ1v) is 13.1. The highest BCUT2D eigenvalue weighted by molar-refractivity contribution is 6.02. The lowest BCUT2D eigenvalue weighted by molar-refractivity contribution is 0.578. The predicted octanol–water partition coefficient (Wildman–Crippen LogP) is 6.25. The van der Waals surface area contributed by atoms with Crippen LogP contribution >= 0.6 is 0 Å². The molecule has 2 aromatic rings. The van der Waals surface area contributed by atoms with Crippen molar-refractivity contribution in [2.45, 2.75) is 77.6 Å². The molecule has 2 aliphatic heterocycles. The third-order valence-electron chi connectivity index (χ3n) is 7.24. The van der Waals surface area contributed by atoms with Gasteiger partial charge in [-0.05, 0) is 112 Å². The van der Waals surface area contributed by atoms with Crippen molar-refractivity contribution in [3.63, 3.8) is 0 Å². The molecule has 0 radical (unpaired) electrons. The van der Waals surface area contributed by atoms with E-state index in [4.69, 9.17) is 9.98 Å². The lowest BCUT2D eigenvalue weighted by Gasteiger charge is -2.29. The second kappa shape index (κ2) is 10.6. The fourth-order valence-corrected chi connectivity index (χ4v) is 5.30. The normalized spacial score (nSPS) is 18.8. The first kappa shape index (κ1) is 22.9. The van der Waals surface area contributed by atoms with Crippen LogP contribution in [0.1, 0.15) is 83.1 Å². The fraction of sp³-hybridized carbons (Fsp3) is 0.500. The Morgan fingerprint density at radius 1 is 1.12 bits per heavy atom. The second-order valence-corrected chi connectivity index (χ2v) is 9.86. The van der Waals surface area contributed by atoms with E-state index in [-0.39, 0.29) is 0 Å². The van der Waals surface area contributed by atoms with E-state index in [2.05, 4.69) is 65.3 Å². The Morgan fingerprint density at radius 2 is 2.03 bits per heavy atom. The molecule has 3 aliphatic rings.